The molecule has 3 heteroatoms. The molecule has 0 aliphatic rings. The Labute approximate surface area is 177 Å². The Bertz CT molecular complexity index is 333. The first-order chi connectivity index (χ1) is 13.7. The van der Waals surface area contributed by atoms with Crippen LogP contribution in [0.1, 0.15) is 137 Å². The number of carbonyl (C=O) groups excluding carboxylic acids is 1. The van der Waals surface area contributed by atoms with E-state index in [0.717, 1.165) is 38.8 Å². The second kappa shape index (κ2) is 21.0. The smallest absolute Gasteiger partial charge is 0.410 e. The number of hydrogen-bond acceptors (Lipinski definition) is 2. The van der Waals surface area contributed by atoms with Gasteiger partial charge in [0.25, 0.3) is 0 Å². The summed E-state index contributed by atoms with van der Waals surface area (Å²) in [6.45, 7) is 10.4. The second-order valence-electron chi connectivity index (χ2n) is 8.57. The molecule has 0 aromatic rings. The average Bonchev–Trinajstić information content (AvgIpc) is 2.68. The van der Waals surface area contributed by atoms with Gasteiger partial charge in [-0.15, -0.1) is 0 Å². The van der Waals surface area contributed by atoms with Gasteiger partial charge in [-0.1, -0.05) is 104 Å². The van der Waals surface area contributed by atoms with Crippen LogP contribution in [0.5, 0.6) is 0 Å². The van der Waals surface area contributed by atoms with Crippen LogP contribution in [0.2, 0.25) is 0 Å². The summed E-state index contributed by atoms with van der Waals surface area (Å²) in [6.07, 6.45) is 21.3. The average molecular weight is 398 g/mol. The molecule has 3 nitrogen and oxygen atoms in total. The van der Waals surface area contributed by atoms with E-state index in [1.54, 1.807) is 0 Å². The molecule has 0 fully saturated rings. The van der Waals surface area contributed by atoms with Crippen LogP contribution >= 0.6 is 0 Å². The van der Waals surface area contributed by atoms with Crippen molar-refractivity contribution in [1.82, 2.24) is 4.90 Å². The second-order valence-corrected chi connectivity index (χ2v) is 8.57. The normalized spacial score (nSPS) is 12.1. The molecule has 1 unspecified atom stereocenters. The highest BCUT2D eigenvalue weighted by Crippen LogP contribution is 2.13. The zero-order valence-electron chi connectivity index (χ0n) is 19.8. The van der Waals surface area contributed by atoms with Crippen LogP contribution in [0.4, 0.5) is 4.79 Å². The van der Waals surface area contributed by atoms with Crippen LogP contribution in [0, 0.1) is 0 Å². The highest BCUT2D eigenvalue weighted by atomic mass is 16.6. The van der Waals surface area contributed by atoms with Crippen LogP contribution in [0.3, 0.4) is 0 Å². The van der Waals surface area contributed by atoms with Crippen molar-refractivity contribution in [2.45, 2.75) is 143 Å². The summed E-state index contributed by atoms with van der Waals surface area (Å²) in [7, 11) is 0. The number of carbonyl (C=O) groups is 1. The number of ether oxygens (including phenoxy) is 1. The van der Waals surface area contributed by atoms with Gasteiger partial charge >= 0.3 is 6.09 Å². The predicted molar refractivity (Wildman–Crippen MR) is 123 cm³/mol. The van der Waals surface area contributed by atoms with Crippen molar-refractivity contribution in [2.75, 3.05) is 13.1 Å². The summed E-state index contributed by atoms with van der Waals surface area (Å²) in [5, 5.41) is 0. The molecule has 0 bridgehead atoms. The molecule has 0 radical (unpaired) electrons. The Morgan fingerprint density at radius 2 is 1.07 bits per heavy atom. The molecule has 0 aromatic heterocycles. The first-order valence-corrected chi connectivity index (χ1v) is 12.6. The lowest BCUT2D eigenvalue weighted by atomic mass is 10.1. The van der Waals surface area contributed by atoms with E-state index >= 15 is 0 Å². The fraction of sp³-hybridized carbons (Fsp3) is 0.960. The van der Waals surface area contributed by atoms with Crippen molar-refractivity contribution in [3.05, 3.63) is 0 Å². The fourth-order valence-electron chi connectivity index (χ4n) is 3.60. The van der Waals surface area contributed by atoms with Gasteiger partial charge < -0.3 is 9.64 Å². The third kappa shape index (κ3) is 17.4. The van der Waals surface area contributed by atoms with E-state index in [9.17, 15) is 4.79 Å². The third-order valence-electron chi connectivity index (χ3n) is 5.59. The van der Waals surface area contributed by atoms with Crippen molar-refractivity contribution in [3.63, 3.8) is 0 Å². The standard InChI is InChI=1S/C25H51NO2/c1-5-8-11-13-15-16-17-19-21-24(4)28-25(27)26(22-10-7-3)23-20-18-14-12-9-6-2/h24H,5-23H2,1-4H3. The van der Waals surface area contributed by atoms with Gasteiger partial charge in [-0.05, 0) is 32.6 Å². The van der Waals surface area contributed by atoms with Gasteiger partial charge in [-0.3, -0.25) is 0 Å². The van der Waals surface area contributed by atoms with Crippen LogP contribution in [-0.2, 0) is 4.74 Å². The predicted octanol–water partition coefficient (Wildman–Crippen LogP) is 8.50. The summed E-state index contributed by atoms with van der Waals surface area (Å²) in [5.74, 6) is 0. The van der Waals surface area contributed by atoms with Crippen LogP contribution in [0.15, 0.2) is 0 Å². The van der Waals surface area contributed by atoms with Gasteiger partial charge in [0.2, 0.25) is 0 Å². The molecule has 0 N–H and O–H groups in total. The summed E-state index contributed by atoms with van der Waals surface area (Å²) in [5.41, 5.74) is 0. The van der Waals surface area contributed by atoms with E-state index in [-0.39, 0.29) is 12.2 Å². The molecule has 0 heterocycles. The topological polar surface area (TPSA) is 29.5 Å². The molecule has 0 saturated heterocycles. The molecule has 1 amide bonds. The fourth-order valence-corrected chi connectivity index (χ4v) is 3.60. The Morgan fingerprint density at radius 1 is 0.643 bits per heavy atom. The van der Waals surface area contributed by atoms with E-state index in [1.807, 2.05) is 4.90 Å². The highest BCUT2D eigenvalue weighted by Gasteiger charge is 2.17. The number of amides is 1. The molecule has 0 saturated carbocycles. The van der Waals surface area contributed by atoms with E-state index in [2.05, 4.69) is 27.7 Å². The minimum atomic E-state index is -0.0888. The molecule has 0 aromatic carbocycles. The first kappa shape index (κ1) is 27.3. The van der Waals surface area contributed by atoms with E-state index in [4.69, 9.17) is 4.74 Å². The summed E-state index contributed by atoms with van der Waals surface area (Å²) in [6, 6.07) is 0. The molecular weight excluding hydrogens is 346 g/mol. The van der Waals surface area contributed by atoms with Crippen molar-refractivity contribution in [1.29, 1.82) is 0 Å². The first-order valence-electron chi connectivity index (χ1n) is 12.6. The Hall–Kier alpha value is -0.730. The van der Waals surface area contributed by atoms with Gasteiger partial charge in [0.1, 0.15) is 6.10 Å². The van der Waals surface area contributed by atoms with Gasteiger partial charge in [0.05, 0.1) is 0 Å². The molecule has 0 aliphatic heterocycles. The number of rotatable bonds is 20. The molecule has 168 valence electrons. The molecular formula is C25H51NO2. The minimum Gasteiger partial charge on any atom is -0.446 e. The van der Waals surface area contributed by atoms with Crippen molar-refractivity contribution in [3.8, 4) is 0 Å². The molecule has 1 atom stereocenters. The maximum atomic E-state index is 12.6. The zero-order valence-corrected chi connectivity index (χ0v) is 19.8. The Balaban J connectivity index is 3.92. The monoisotopic (exact) mass is 397 g/mol. The van der Waals surface area contributed by atoms with Crippen LogP contribution < -0.4 is 0 Å². The van der Waals surface area contributed by atoms with E-state index in [0.29, 0.717) is 0 Å². The van der Waals surface area contributed by atoms with Gasteiger partial charge in [-0.25, -0.2) is 4.79 Å². The lowest BCUT2D eigenvalue weighted by Gasteiger charge is -2.24. The molecule has 0 rings (SSSR count). The van der Waals surface area contributed by atoms with Crippen molar-refractivity contribution >= 4 is 6.09 Å². The zero-order chi connectivity index (χ0) is 20.9. The summed E-state index contributed by atoms with van der Waals surface area (Å²) >= 11 is 0. The van der Waals surface area contributed by atoms with Gasteiger partial charge in [-0.2, -0.15) is 0 Å². The third-order valence-corrected chi connectivity index (χ3v) is 5.59. The summed E-state index contributed by atoms with van der Waals surface area (Å²) in [4.78, 5) is 14.5. The maximum Gasteiger partial charge on any atom is 0.410 e. The quantitative estimate of drug-likeness (QED) is 0.193. The van der Waals surface area contributed by atoms with Crippen LogP contribution in [-0.4, -0.2) is 30.2 Å². The highest BCUT2D eigenvalue weighted by molar-refractivity contribution is 5.67. The van der Waals surface area contributed by atoms with Gasteiger partial charge in [0, 0.05) is 13.1 Å². The molecule has 0 aliphatic carbocycles. The Morgan fingerprint density at radius 3 is 1.61 bits per heavy atom. The number of unbranched alkanes of at least 4 members (excludes halogenated alkanes) is 13. The van der Waals surface area contributed by atoms with Crippen molar-refractivity contribution < 1.29 is 9.53 Å². The largest absolute Gasteiger partial charge is 0.446 e. The number of nitrogens with zero attached hydrogens (tertiary/aromatic N) is 1. The molecule has 0 spiro atoms. The molecule has 28 heavy (non-hydrogen) atoms. The van der Waals surface area contributed by atoms with Gasteiger partial charge in [0.15, 0.2) is 0 Å². The van der Waals surface area contributed by atoms with Crippen molar-refractivity contribution in [2.24, 2.45) is 0 Å². The van der Waals surface area contributed by atoms with E-state index < -0.39 is 0 Å². The Kier molecular flexibility index (Phi) is 20.4. The number of hydrogen-bond donors (Lipinski definition) is 0. The van der Waals surface area contributed by atoms with Crippen LogP contribution in [0.25, 0.3) is 0 Å². The summed E-state index contributed by atoms with van der Waals surface area (Å²) < 4.78 is 5.75. The minimum absolute atomic E-state index is 0.0428. The lowest BCUT2D eigenvalue weighted by Crippen LogP contribution is -2.35. The van der Waals surface area contributed by atoms with E-state index in [1.165, 1.54) is 83.5 Å². The SMILES string of the molecule is CCCCCCCCCCC(C)OC(=O)N(CCCC)CCCCCCCC. The maximum absolute atomic E-state index is 12.6. The lowest BCUT2D eigenvalue weighted by molar-refractivity contribution is 0.0644.